The first kappa shape index (κ1) is 12.9. The van der Waals surface area contributed by atoms with Crippen LogP contribution in [-0.2, 0) is 0 Å². The molecule has 0 saturated heterocycles. The Kier molecular flexibility index (Phi) is 7.29. The van der Waals surface area contributed by atoms with Crippen LogP contribution in [0, 0.1) is 0 Å². The molecule has 0 aromatic carbocycles. The third kappa shape index (κ3) is 4.63. The maximum absolute atomic E-state index is 9.56. The molecule has 80 valence electrons. The van der Waals surface area contributed by atoms with Gasteiger partial charge in [0.1, 0.15) is 6.23 Å². The number of hydrogen-bond donors (Lipinski definition) is 1. The summed E-state index contributed by atoms with van der Waals surface area (Å²) >= 11 is 0. The van der Waals surface area contributed by atoms with Gasteiger partial charge < -0.3 is 5.11 Å². The summed E-state index contributed by atoms with van der Waals surface area (Å²) < 4.78 is 0. The van der Waals surface area contributed by atoms with Crippen LogP contribution in [0.4, 0.5) is 0 Å². The van der Waals surface area contributed by atoms with E-state index in [1.54, 1.807) is 0 Å². The van der Waals surface area contributed by atoms with Gasteiger partial charge in [-0.1, -0.05) is 33.6 Å². The first-order chi connectivity index (χ1) is 6.17. The Labute approximate surface area is 82.9 Å². The maximum Gasteiger partial charge on any atom is 0.104 e. The zero-order valence-corrected chi connectivity index (χ0v) is 9.58. The molecule has 0 rings (SSSR count). The molecule has 1 N–H and O–H groups in total. The van der Waals surface area contributed by atoms with Gasteiger partial charge in [0.05, 0.1) is 0 Å². The Morgan fingerprint density at radius 1 is 1.08 bits per heavy atom. The average molecular weight is 187 g/mol. The number of nitrogens with zero attached hydrogens (tertiary/aromatic N) is 1. The van der Waals surface area contributed by atoms with Gasteiger partial charge in [0.2, 0.25) is 0 Å². The standard InChI is InChI=1S/C11H25NO/c1-5-8-11(9-6-2)12(7-3)10(4)13/h10-11,13H,5-9H2,1-4H3. The highest BCUT2D eigenvalue weighted by atomic mass is 16.3. The molecular formula is C11H25NO. The van der Waals surface area contributed by atoms with Crippen molar-refractivity contribution >= 4 is 0 Å². The van der Waals surface area contributed by atoms with E-state index in [2.05, 4.69) is 25.7 Å². The van der Waals surface area contributed by atoms with E-state index in [4.69, 9.17) is 0 Å². The zero-order valence-electron chi connectivity index (χ0n) is 9.58. The molecule has 0 aliphatic heterocycles. The highest BCUT2D eigenvalue weighted by Crippen LogP contribution is 2.14. The van der Waals surface area contributed by atoms with Crippen LogP contribution in [0.25, 0.3) is 0 Å². The summed E-state index contributed by atoms with van der Waals surface area (Å²) in [4.78, 5) is 2.19. The van der Waals surface area contributed by atoms with Crippen LogP contribution in [0.5, 0.6) is 0 Å². The molecule has 0 aromatic rings. The number of aliphatic hydroxyl groups is 1. The molecule has 0 radical (unpaired) electrons. The molecule has 2 nitrogen and oxygen atoms in total. The Hall–Kier alpha value is -0.0800. The Morgan fingerprint density at radius 2 is 1.54 bits per heavy atom. The third-order valence-electron chi connectivity index (χ3n) is 2.56. The molecule has 2 heteroatoms. The van der Waals surface area contributed by atoms with Gasteiger partial charge in [-0.3, -0.25) is 4.90 Å². The van der Waals surface area contributed by atoms with Gasteiger partial charge >= 0.3 is 0 Å². The molecule has 0 aliphatic carbocycles. The van der Waals surface area contributed by atoms with Gasteiger partial charge in [-0.05, 0) is 26.3 Å². The Balaban J connectivity index is 4.11. The van der Waals surface area contributed by atoms with E-state index in [0.717, 1.165) is 6.54 Å². The predicted octanol–water partition coefficient (Wildman–Crippen LogP) is 2.62. The van der Waals surface area contributed by atoms with Gasteiger partial charge in [0, 0.05) is 6.04 Å². The Morgan fingerprint density at radius 3 is 1.77 bits per heavy atom. The zero-order chi connectivity index (χ0) is 10.3. The average Bonchev–Trinajstić information content (AvgIpc) is 2.05. The van der Waals surface area contributed by atoms with Gasteiger partial charge in [-0.25, -0.2) is 0 Å². The van der Waals surface area contributed by atoms with E-state index in [-0.39, 0.29) is 6.23 Å². The van der Waals surface area contributed by atoms with Gasteiger partial charge in [0.25, 0.3) is 0 Å². The second kappa shape index (κ2) is 7.34. The minimum Gasteiger partial charge on any atom is -0.379 e. The van der Waals surface area contributed by atoms with E-state index < -0.39 is 0 Å². The summed E-state index contributed by atoms with van der Waals surface area (Å²) in [5, 5.41) is 9.56. The molecule has 13 heavy (non-hydrogen) atoms. The van der Waals surface area contributed by atoms with Crippen molar-refractivity contribution in [1.82, 2.24) is 4.90 Å². The molecular weight excluding hydrogens is 162 g/mol. The fraction of sp³-hybridized carbons (Fsp3) is 1.00. The maximum atomic E-state index is 9.56. The minimum atomic E-state index is -0.298. The second-order valence-electron chi connectivity index (χ2n) is 3.69. The van der Waals surface area contributed by atoms with Crippen molar-refractivity contribution in [3.63, 3.8) is 0 Å². The summed E-state index contributed by atoms with van der Waals surface area (Å²) in [7, 11) is 0. The molecule has 0 heterocycles. The topological polar surface area (TPSA) is 23.5 Å². The van der Waals surface area contributed by atoms with Crippen molar-refractivity contribution < 1.29 is 5.11 Å². The molecule has 0 amide bonds. The van der Waals surface area contributed by atoms with Crippen LogP contribution >= 0.6 is 0 Å². The highest BCUT2D eigenvalue weighted by molar-refractivity contribution is 4.70. The van der Waals surface area contributed by atoms with Crippen LogP contribution in [0.3, 0.4) is 0 Å². The molecule has 0 fully saturated rings. The molecule has 0 saturated carbocycles. The molecule has 1 unspecified atom stereocenters. The van der Waals surface area contributed by atoms with Crippen LogP contribution in [-0.4, -0.2) is 28.8 Å². The van der Waals surface area contributed by atoms with Crippen molar-refractivity contribution in [2.75, 3.05) is 6.54 Å². The van der Waals surface area contributed by atoms with Crippen LogP contribution in [0.2, 0.25) is 0 Å². The second-order valence-corrected chi connectivity index (χ2v) is 3.69. The van der Waals surface area contributed by atoms with Crippen molar-refractivity contribution in [3.05, 3.63) is 0 Å². The molecule has 0 aliphatic rings. The monoisotopic (exact) mass is 187 g/mol. The Bertz CT molecular complexity index is 109. The summed E-state index contributed by atoms with van der Waals surface area (Å²) in [6, 6.07) is 0.569. The molecule has 0 spiro atoms. The van der Waals surface area contributed by atoms with Crippen molar-refractivity contribution in [2.45, 2.75) is 65.6 Å². The molecule has 1 atom stereocenters. The predicted molar refractivity (Wildman–Crippen MR) is 57.7 cm³/mol. The summed E-state index contributed by atoms with van der Waals surface area (Å²) in [5.41, 5.74) is 0. The molecule has 0 bridgehead atoms. The first-order valence-electron chi connectivity index (χ1n) is 5.61. The molecule has 0 aromatic heterocycles. The van der Waals surface area contributed by atoms with Gasteiger partial charge in [-0.15, -0.1) is 0 Å². The number of hydrogen-bond acceptors (Lipinski definition) is 2. The number of aliphatic hydroxyl groups excluding tert-OH is 1. The van der Waals surface area contributed by atoms with E-state index in [1.807, 2.05) is 6.92 Å². The summed E-state index contributed by atoms with van der Waals surface area (Å²) in [5.74, 6) is 0. The van der Waals surface area contributed by atoms with E-state index in [9.17, 15) is 5.11 Å². The lowest BCUT2D eigenvalue weighted by Gasteiger charge is -2.32. The van der Waals surface area contributed by atoms with E-state index in [0.29, 0.717) is 6.04 Å². The quantitative estimate of drug-likeness (QED) is 0.619. The summed E-state index contributed by atoms with van der Waals surface area (Å²) in [6.07, 6.45) is 4.51. The smallest absolute Gasteiger partial charge is 0.104 e. The van der Waals surface area contributed by atoms with Crippen LogP contribution in [0.15, 0.2) is 0 Å². The largest absolute Gasteiger partial charge is 0.379 e. The highest BCUT2D eigenvalue weighted by Gasteiger charge is 2.18. The fourth-order valence-corrected chi connectivity index (χ4v) is 1.97. The SMILES string of the molecule is CCCC(CCC)N(CC)C(C)O. The fourth-order valence-electron chi connectivity index (χ4n) is 1.97. The van der Waals surface area contributed by atoms with E-state index in [1.165, 1.54) is 25.7 Å². The first-order valence-corrected chi connectivity index (χ1v) is 5.61. The number of rotatable bonds is 7. The van der Waals surface area contributed by atoms with Gasteiger partial charge in [0.15, 0.2) is 0 Å². The minimum absolute atomic E-state index is 0.298. The van der Waals surface area contributed by atoms with Crippen molar-refractivity contribution in [1.29, 1.82) is 0 Å². The van der Waals surface area contributed by atoms with Crippen LogP contribution in [0.1, 0.15) is 53.4 Å². The van der Waals surface area contributed by atoms with Gasteiger partial charge in [-0.2, -0.15) is 0 Å². The lowest BCUT2D eigenvalue weighted by molar-refractivity contribution is -0.0131. The van der Waals surface area contributed by atoms with Crippen molar-refractivity contribution in [2.24, 2.45) is 0 Å². The third-order valence-corrected chi connectivity index (χ3v) is 2.56. The van der Waals surface area contributed by atoms with Crippen molar-refractivity contribution in [3.8, 4) is 0 Å². The van der Waals surface area contributed by atoms with Crippen LogP contribution < -0.4 is 0 Å². The normalized spacial score (nSPS) is 14.1. The summed E-state index contributed by atoms with van der Waals surface area (Å²) in [6.45, 7) is 9.34. The van der Waals surface area contributed by atoms with E-state index >= 15 is 0 Å². The lowest BCUT2D eigenvalue weighted by atomic mass is 10.0. The lowest BCUT2D eigenvalue weighted by Crippen LogP contribution is -2.41.